The third kappa shape index (κ3) is 3.53. The highest BCUT2D eigenvalue weighted by Gasteiger charge is 2.21. The van der Waals surface area contributed by atoms with E-state index in [-0.39, 0.29) is 24.7 Å². The Balaban J connectivity index is 1.49. The number of nitrogens with zero attached hydrogens (tertiary/aromatic N) is 4. The molecule has 0 atom stereocenters. The molecule has 1 aromatic carbocycles. The van der Waals surface area contributed by atoms with Crippen molar-refractivity contribution in [2.24, 2.45) is 0 Å². The maximum Gasteiger partial charge on any atom is 0.320 e. The van der Waals surface area contributed by atoms with Crippen molar-refractivity contribution in [2.75, 3.05) is 7.05 Å². The van der Waals surface area contributed by atoms with Crippen LogP contribution in [-0.4, -0.2) is 32.4 Å². The van der Waals surface area contributed by atoms with Gasteiger partial charge < -0.3 is 9.32 Å². The molecule has 0 aliphatic heterocycles. The number of para-hydroxylation sites is 2. The standard InChI is InChI=1S/C19H16F2N4O2S/c1-24(10-16-23-13-5-2-3-6-14(13)25(16)19(20)21)17(26)9-12-11-28-18(22-12)15-7-4-8-27-15/h2-8,11,19H,9-10H2,1H3. The van der Waals surface area contributed by atoms with Crippen LogP contribution in [0.3, 0.4) is 0 Å². The fourth-order valence-corrected chi connectivity index (χ4v) is 3.70. The molecule has 0 unspecified atom stereocenters. The molecule has 144 valence electrons. The highest BCUT2D eigenvalue weighted by atomic mass is 32.1. The second-order valence-corrected chi connectivity index (χ2v) is 7.07. The van der Waals surface area contributed by atoms with Gasteiger partial charge in [-0.25, -0.2) is 9.97 Å². The van der Waals surface area contributed by atoms with Gasteiger partial charge in [0.25, 0.3) is 0 Å². The first-order valence-corrected chi connectivity index (χ1v) is 9.37. The number of aromatic nitrogens is 3. The first kappa shape index (κ1) is 18.3. The maximum absolute atomic E-state index is 13.5. The number of rotatable bonds is 6. The van der Waals surface area contributed by atoms with Crippen molar-refractivity contribution in [1.29, 1.82) is 0 Å². The predicted molar refractivity (Wildman–Crippen MR) is 101 cm³/mol. The number of likely N-dealkylation sites (N-methyl/N-ethyl adjacent to an activating group) is 1. The van der Waals surface area contributed by atoms with E-state index in [2.05, 4.69) is 9.97 Å². The Morgan fingerprint density at radius 3 is 2.82 bits per heavy atom. The second-order valence-electron chi connectivity index (χ2n) is 6.21. The molecule has 0 aliphatic rings. The molecule has 28 heavy (non-hydrogen) atoms. The van der Waals surface area contributed by atoms with Crippen molar-refractivity contribution in [2.45, 2.75) is 19.5 Å². The Morgan fingerprint density at radius 1 is 1.25 bits per heavy atom. The summed E-state index contributed by atoms with van der Waals surface area (Å²) in [6, 6.07) is 10.2. The van der Waals surface area contributed by atoms with Crippen molar-refractivity contribution >= 4 is 28.3 Å². The molecule has 0 saturated heterocycles. The smallest absolute Gasteiger partial charge is 0.320 e. The van der Waals surface area contributed by atoms with Crippen molar-refractivity contribution in [3.05, 3.63) is 59.6 Å². The first-order chi connectivity index (χ1) is 13.5. The molecule has 0 fully saturated rings. The Kier molecular flexibility index (Phi) is 4.91. The van der Waals surface area contributed by atoms with Gasteiger partial charge in [-0.15, -0.1) is 11.3 Å². The summed E-state index contributed by atoms with van der Waals surface area (Å²) in [6.45, 7) is -2.76. The topological polar surface area (TPSA) is 64.2 Å². The lowest BCUT2D eigenvalue weighted by atomic mass is 10.3. The van der Waals surface area contributed by atoms with Gasteiger partial charge in [0, 0.05) is 12.4 Å². The second kappa shape index (κ2) is 7.51. The van der Waals surface area contributed by atoms with Crippen molar-refractivity contribution in [3.63, 3.8) is 0 Å². The quantitative estimate of drug-likeness (QED) is 0.481. The minimum absolute atomic E-state index is 0.0208. The van der Waals surface area contributed by atoms with Crippen LogP contribution < -0.4 is 0 Å². The number of halogens is 2. The zero-order chi connectivity index (χ0) is 19.7. The lowest BCUT2D eigenvalue weighted by molar-refractivity contribution is -0.129. The Hall–Kier alpha value is -3.07. The van der Waals surface area contributed by atoms with E-state index in [1.165, 1.54) is 16.2 Å². The zero-order valence-electron chi connectivity index (χ0n) is 14.9. The molecule has 0 saturated carbocycles. The molecule has 4 aromatic rings. The summed E-state index contributed by atoms with van der Waals surface area (Å²) >= 11 is 1.38. The number of hydrogen-bond donors (Lipinski definition) is 0. The molecule has 9 heteroatoms. The average Bonchev–Trinajstić information content (AvgIpc) is 3.40. The number of furan rings is 1. The molecular weight excluding hydrogens is 386 g/mol. The molecule has 4 rings (SSSR count). The van der Waals surface area contributed by atoms with Crippen LogP contribution in [0, 0.1) is 0 Å². The summed E-state index contributed by atoms with van der Waals surface area (Å²) in [5, 5.41) is 2.48. The zero-order valence-corrected chi connectivity index (χ0v) is 15.7. The van der Waals surface area contributed by atoms with E-state index < -0.39 is 6.55 Å². The largest absolute Gasteiger partial charge is 0.462 e. The number of imidazole rings is 1. The van der Waals surface area contributed by atoms with Crippen LogP contribution in [0.15, 0.2) is 52.5 Å². The summed E-state index contributed by atoms with van der Waals surface area (Å²) in [4.78, 5) is 22.6. The number of alkyl halides is 2. The molecule has 3 aromatic heterocycles. The molecule has 6 nitrogen and oxygen atoms in total. The summed E-state index contributed by atoms with van der Waals surface area (Å²) in [5.41, 5.74) is 1.42. The van der Waals surface area contributed by atoms with Gasteiger partial charge in [-0.2, -0.15) is 8.78 Å². The first-order valence-electron chi connectivity index (χ1n) is 8.49. The number of hydrogen-bond acceptors (Lipinski definition) is 5. The lowest BCUT2D eigenvalue weighted by Gasteiger charge is -2.17. The maximum atomic E-state index is 13.5. The fraction of sp³-hybridized carbons (Fsp3) is 0.211. The number of carbonyl (C=O) groups is 1. The molecule has 1 amide bonds. The van der Waals surface area contributed by atoms with Gasteiger partial charge in [0.2, 0.25) is 5.91 Å². The van der Waals surface area contributed by atoms with Gasteiger partial charge in [-0.05, 0) is 24.3 Å². The van der Waals surface area contributed by atoms with Crippen LogP contribution in [0.2, 0.25) is 0 Å². The van der Waals surface area contributed by atoms with Crippen LogP contribution in [0.1, 0.15) is 18.1 Å². The minimum Gasteiger partial charge on any atom is -0.462 e. The number of amides is 1. The van der Waals surface area contributed by atoms with Crippen LogP contribution in [0.5, 0.6) is 0 Å². The van der Waals surface area contributed by atoms with Gasteiger partial charge >= 0.3 is 6.55 Å². The predicted octanol–water partition coefficient (Wildman–Crippen LogP) is 4.35. The van der Waals surface area contributed by atoms with Gasteiger partial charge in [0.1, 0.15) is 5.82 Å². The lowest BCUT2D eigenvalue weighted by Crippen LogP contribution is -2.29. The highest BCUT2D eigenvalue weighted by Crippen LogP contribution is 2.25. The number of thiazole rings is 1. The number of carbonyl (C=O) groups excluding carboxylic acids is 1. The van der Waals surface area contributed by atoms with Gasteiger partial charge in [0.05, 0.1) is 36.0 Å². The SMILES string of the molecule is CN(Cc1nc2ccccc2n1C(F)F)C(=O)Cc1csc(-c2ccco2)n1. The molecule has 0 aliphatic carbocycles. The molecule has 0 radical (unpaired) electrons. The average molecular weight is 402 g/mol. The summed E-state index contributed by atoms with van der Waals surface area (Å²) in [6.07, 6.45) is 1.63. The van der Waals surface area contributed by atoms with Crippen LogP contribution in [0.25, 0.3) is 21.8 Å². The van der Waals surface area contributed by atoms with E-state index in [1.54, 1.807) is 55.1 Å². The van der Waals surface area contributed by atoms with Crippen LogP contribution in [0.4, 0.5) is 8.78 Å². The Morgan fingerprint density at radius 2 is 2.07 bits per heavy atom. The van der Waals surface area contributed by atoms with Gasteiger partial charge in [-0.3, -0.25) is 9.36 Å². The van der Waals surface area contributed by atoms with E-state index >= 15 is 0 Å². The van der Waals surface area contributed by atoms with E-state index in [4.69, 9.17) is 4.42 Å². The van der Waals surface area contributed by atoms with Gasteiger partial charge in [-0.1, -0.05) is 12.1 Å². The van der Waals surface area contributed by atoms with Crippen LogP contribution in [-0.2, 0) is 17.8 Å². The molecule has 0 N–H and O–H groups in total. The van der Waals surface area contributed by atoms with Crippen molar-refractivity contribution in [3.8, 4) is 10.8 Å². The summed E-state index contributed by atoms with van der Waals surface area (Å²) in [5.74, 6) is 0.550. The van der Waals surface area contributed by atoms with Crippen molar-refractivity contribution in [1.82, 2.24) is 19.4 Å². The van der Waals surface area contributed by atoms with E-state index in [0.717, 1.165) is 4.57 Å². The number of benzene rings is 1. The Bertz CT molecular complexity index is 1100. The molecule has 0 spiro atoms. The van der Waals surface area contributed by atoms with Crippen LogP contribution >= 0.6 is 11.3 Å². The third-order valence-electron chi connectivity index (χ3n) is 4.28. The van der Waals surface area contributed by atoms with E-state index in [9.17, 15) is 13.6 Å². The third-order valence-corrected chi connectivity index (χ3v) is 5.19. The minimum atomic E-state index is -2.74. The normalized spacial score (nSPS) is 11.4. The Labute approximate surface area is 163 Å². The van der Waals surface area contributed by atoms with E-state index in [1.807, 2.05) is 0 Å². The summed E-state index contributed by atoms with van der Waals surface area (Å²) < 4.78 is 33.2. The molecule has 3 heterocycles. The molecular formula is C19H16F2N4O2S. The summed E-state index contributed by atoms with van der Waals surface area (Å²) in [7, 11) is 1.57. The van der Waals surface area contributed by atoms with Crippen molar-refractivity contribution < 1.29 is 18.0 Å². The fourth-order valence-electron chi connectivity index (χ4n) is 2.92. The number of fused-ring (bicyclic) bond motifs is 1. The highest BCUT2D eigenvalue weighted by molar-refractivity contribution is 7.13. The molecule has 0 bridgehead atoms. The van der Waals surface area contributed by atoms with Gasteiger partial charge in [0.15, 0.2) is 10.8 Å². The monoisotopic (exact) mass is 402 g/mol. The van der Waals surface area contributed by atoms with E-state index in [0.29, 0.717) is 27.5 Å².